The van der Waals surface area contributed by atoms with Crippen LogP contribution in [-0.4, -0.2) is 56.1 Å². The van der Waals surface area contributed by atoms with E-state index in [0.717, 1.165) is 62.6 Å². The van der Waals surface area contributed by atoms with Gasteiger partial charge in [-0.2, -0.15) is 4.98 Å². The molecule has 2 aromatic heterocycles. The Balaban J connectivity index is 1.38. The molecule has 2 aliphatic heterocycles. The number of piperidine rings is 2. The van der Waals surface area contributed by atoms with Gasteiger partial charge in [0, 0.05) is 49.6 Å². The van der Waals surface area contributed by atoms with Crippen molar-refractivity contribution in [3.05, 3.63) is 35.5 Å². The third kappa shape index (κ3) is 4.53. The summed E-state index contributed by atoms with van der Waals surface area (Å²) < 4.78 is 0. The average molecular weight is 368 g/mol. The van der Waals surface area contributed by atoms with Gasteiger partial charge in [-0.1, -0.05) is 0 Å². The Morgan fingerprint density at radius 1 is 1.00 bits per heavy atom. The van der Waals surface area contributed by atoms with Crippen molar-refractivity contribution in [2.24, 2.45) is 0 Å². The quantitative estimate of drug-likeness (QED) is 0.889. The van der Waals surface area contributed by atoms with Crippen LogP contribution in [0.15, 0.2) is 18.5 Å². The van der Waals surface area contributed by atoms with Crippen LogP contribution in [-0.2, 0) is 6.54 Å². The van der Waals surface area contributed by atoms with Crippen molar-refractivity contribution >= 4 is 5.95 Å². The Hall–Kier alpha value is -2.28. The minimum atomic E-state index is 0.0970. The van der Waals surface area contributed by atoms with E-state index < -0.39 is 0 Å². The summed E-state index contributed by atoms with van der Waals surface area (Å²) in [5.74, 6) is 1.99. The summed E-state index contributed by atoms with van der Waals surface area (Å²) in [5, 5.41) is 10.1. The largest absolute Gasteiger partial charge is 0.493 e. The van der Waals surface area contributed by atoms with E-state index in [1.54, 1.807) is 6.07 Å². The Morgan fingerprint density at radius 3 is 2.41 bits per heavy atom. The van der Waals surface area contributed by atoms with Gasteiger partial charge in [-0.3, -0.25) is 4.90 Å². The fourth-order valence-corrected chi connectivity index (χ4v) is 4.03. The van der Waals surface area contributed by atoms with Gasteiger partial charge in [0.05, 0.1) is 5.69 Å². The molecule has 2 aliphatic rings. The molecular formula is C20H28N6O. The predicted molar refractivity (Wildman–Crippen MR) is 104 cm³/mol. The SMILES string of the molecule is Cc1ncc(CN2CCC(c3cc(O)nc(N4CCCCC4)n3)CC2)cn1. The Kier molecular flexibility index (Phi) is 5.48. The lowest BCUT2D eigenvalue weighted by atomic mass is 9.93. The lowest BCUT2D eigenvalue weighted by Gasteiger charge is -2.32. The summed E-state index contributed by atoms with van der Waals surface area (Å²) in [6.07, 6.45) is 9.55. The Labute approximate surface area is 160 Å². The highest BCUT2D eigenvalue weighted by Crippen LogP contribution is 2.30. The van der Waals surface area contributed by atoms with Gasteiger partial charge >= 0.3 is 0 Å². The molecule has 7 heteroatoms. The molecule has 0 unspecified atom stereocenters. The lowest BCUT2D eigenvalue weighted by molar-refractivity contribution is 0.202. The highest BCUT2D eigenvalue weighted by Gasteiger charge is 2.24. The van der Waals surface area contributed by atoms with Crippen LogP contribution in [0.5, 0.6) is 5.88 Å². The van der Waals surface area contributed by atoms with Crippen LogP contribution < -0.4 is 4.90 Å². The topological polar surface area (TPSA) is 78.3 Å². The van der Waals surface area contributed by atoms with Crippen LogP contribution in [0.25, 0.3) is 0 Å². The molecule has 0 aliphatic carbocycles. The molecule has 2 fully saturated rings. The van der Waals surface area contributed by atoms with E-state index in [4.69, 9.17) is 4.98 Å². The highest BCUT2D eigenvalue weighted by molar-refractivity contribution is 5.35. The Morgan fingerprint density at radius 2 is 1.70 bits per heavy atom. The first-order valence-electron chi connectivity index (χ1n) is 10.00. The summed E-state index contributed by atoms with van der Waals surface area (Å²) >= 11 is 0. The fraction of sp³-hybridized carbons (Fsp3) is 0.600. The Bertz CT molecular complexity index is 752. The van der Waals surface area contributed by atoms with Crippen LogP contribution in [0.2, 0.25) is 0 Å². The second kappa shape index (κ2) is 8.17. The first-order valence-corrected chi connectivity index (χ1v) is 10.00. The van der Waals surface area contributed by atoms with Crippen molar-refractivity contribution < 1.29 is 5.11 Å². The van der Waals surface area contributed by atoms with Crippen molar-refractivity contribution in [3.63, 3.8) is 0 Å². The summed E-state index contributed by atoms with van der Waals surface area (Å²) in [6, 6.07) is 1.75. The molecule has 4 rings (SSSR count). The molecule has 0 atom stereocenters. The second-order valence-corrected chi connectivity index (χ2v) is 7.69. The minimum absolute atomic E-state index is 0.0970. The molecule has 144 valence electrons. The zero-order chi connectivity index (χ0) is 18.6. The van der Waals surface area contributed by atoms with E-state index in [9.17, 15) is 5.11 Å². The molecule has 0 radical (unpaired) electrons. The third-order valence-electron chi connectivity index (χ3n) is 5.61. The number of anilines is 1. The minimum Gasteiger partial charge on any atom is -0.493 e. The fourth-order valence-electron chi connectivity index (χ4n) is 4.03. The molecule has 0 saturated carbocycles. The third-order valence-corrected chi connectivity index (χ3v) is 5.61. The van der Waals surface area contributed by atoms with Gasteiger partial charge in [0.25, 0.3) is 0 Å². The lowest BCUT2D eigenvalue weighted by Crippen LogP contribution is -2.33. The summed E-state index contributed by atoms with van der Waals surface area (Å²) in [5.41, 5.74) is 2.15. The summed E-state index contributed by atoms with van der Waals surface area (Å²) in [4.78, 5) is 22.3. The number of likely N-dealkylation sites (tertiary alicyclic amines) is 1. The zero-order valence-corrected chi connectivity index (χ0v) is 16.0. The second-order valence-electron chi connectivity index (χ2n) is 7.69. The van der Waals surface area contributed by atoms with Crippen LogP contribution in [0, 0.1) is 6.92 Å². The summed E-state index contributed by atoms with van der Waals surface area (Å²) in [6.45, 7) is 6.80. The number of hydrogen-bond donors (Lipinski definition) is 1. The monoisotopic (exact) mass is 368 g/mol. The van der Waals surface area contributed by atoms with Crippen LogP contribution in [0.3, 0.4) is 0 Å². The van der Waals surface area contributed by atoms with Crippen molar-refractivity contribution in [1.82, 2.24) is 24.8 Å². The number of nitrogens with zero attached hydrogens (tertiary/aromatic N) is 6. The van der Waals surface area contributed by atoms with Crippen molar-refractivity contribution in [2.45, 2.75) is 51.5 Å². The van der Waals surface area contributed by atoms with E-state index in [2.05, 4.69) is 24.8 Å². The number of aromatic nitrogens is 4. The van der Waals surface area contributed by atoms with Crippen molar-refractivity contribution in [2.75, 3.05) is 31.1 Å². The van der Waals surface area contributed by atoms with Crippen LogP contribution in [0.1, 0.15) is 55.1 Å². The van der Waals surface area contributed by atoms with Gasteiger partial charge < -0.3 is 10.0 Å². The van der Waals surface area contributed by atoms with Gasteiger partial charge in [-0.05, 0) is 52.1 Å². The molecule has 2 saturated heterocycles. The standard InChI is InChI=1S/C20H28N6O/c1-15-21-12-16(13-22-15)14-25-9-5-17(6-10-25)18-11-19(27)24-20(23-18)26-7-3-2-4-8-26/h11-13,17H,2-10,14H2,1H3,(H,23,24,27). The molecule has 2 aromatic rings. The highest BCUT2D eigenvalue weighted by atomic mass is 16.3. The molecule has 0 amide bonds. The predicted octanol–water partition coefficient (Wildman–Crippen LogP) is 2.65. The normalized spacial score (nSPS) is 19.4. The molecule has 0 bridgehead atoms. The van der Waals surface area contributed by atoms with Gasteiger partial charge in [0.2, 0.25) is 11.8 Å². The van der Waals surface area contributed by atoms with E-state index in [0.29, 0.717) is 11.9 Å². The van der Waals surface area contributed by atoms with Crippen molar-refractivity contribution in [3.8, 4) is 5.88 Å². The molecule has 7 nitrogen and oxygen atoms in total. The van der Waals surface area contributed by atoms with Gasteiger partial charge in [-0.15, -0.1) is 0 Å². The molecule has 0 aromatic carbocycles. The van der Waals surface area contributed by atoms with Crippen molar-refractivity contribution in [1.29, 1.82) is 0 Å². The molecule has 4 heterocycles. The average Bonchev–Trinajstić information content (AvgIpc) is 2.70. The van der Waals surface area contributed by atoms with Gasteiger partial charge in [0.1, 0.15) is 5.82 Å². The summed E-state index contributed by atoms with van der Waals surface area (Å²) in [7, 11) is 0. The van der Waals surface area contributed by atoms with Crippen LogP contribution >= 0.6 is 0 Å². The van der Waals surface area contributed by atoms with E-state index in [1.165, 1.54) is 19.3 Å². The number of rotatable bonds is 4. The van der Waals surface area contributed by atoms with Gasteiger partial charge in [-0.25, -0.2) is 15.0 Å². The number of aryl methyl sites for hydroxylation is 1. The maximum Gasteiger partial charge on any atom is 0.228 e. The van der Waals surface area contributed by atoms with E-state index in [1.807, 2.05) is 19.3 Å². The number of aromatic hydroxyl groups is 1. The molecule has 0 spiro atoms. The van der Waals surface area contributed by atoms with Gasteiger partial charge in [0.15, 0.2) is 0 Å². The smallest absolute Gasteiger partial charge is 0.228 e. The van der Waals surface area contributed by atoms with E-state index in [-0.39, 0.29) is 5.88 Å². The van der Waals surface area contributed by atoms with Crippen LogP contribution in [0.4, 0.5) is 5.95 Å². The first kappa shape index (κ1) is 18.1. The number of hydrogen-bond acceptors (Lipinski definition) is 7. The maximum atomic E-state index is 10.1. The molecule has 1 N–H and O–H groups in total. The molecule has 27 heavy (non-hydrogen) atoms. The zero-order valence-electron chi connectivity index (χ0n) is 16.0. The maximum absolute atomic E-state index is 10.1. The molecular weight excluding hydrogens is 340 g/mol. The first-order chi connectivity index (χ1) is 13.2. The van der Waals surface area contributed by atoms with E-state index >= 15 is 0 Å².